The smallest absolute Gasteiger partial charge is 0.259 e. The maximum atomic E-state index is 11.3. The average Bonchev–Trinajstić information content (AvgIpc) is 2.70. The molecule has 2 N–H and O–H groups in total. The Morgan fingerprint density at radius 3 is 2.50 bits per heavy atom. The normalized spacial score (nSPS) is 14.6. The Hall–Kier alpha value is -2.10. The van der Waals surface area contributed by atoms with Crippen molar-refractivity contribution in [3.05, 3.63) is 35.5 Å². The number of carbonyl (C=O) groups excluding carboxylic acids is 2. The van der Waals surface area contributed by atoms with Gasteiger partial charge in [0.1, 0.15) is 0 Å². The van der Waals surface area contributed by atoms with E-state index in [0.717, 1.165) is 10.9 Å². The molecule has 2 amide bonds. The van der Waals surface area contributed by atoms with Crippen molar-refractivity contribution in [1.29, 1.82) is 0 Å². The number of aromatic amines is 1. The molecule has 0 spiro atoms. The van der Waals surface area contributed by atoms with E-state index in [9.17, 15) is 9.59 Å². The van der Waals surface area contributed by atoms with E-state index in [0.29, 0.717) is 11.1 Å². The Morgan fingerprint density at radius 2 is 1.71 bits per heavy atom. The zero-order chi connectivity index (χ0) is 9.71. The van der Waals surface area contributed by atoms with Crippen molar-refractivity contribution < 1.29 is 9.59 Å². The van der Waals surface area contributed by atoms with E-state index in [1.807, 2.05) is 6.07 Å². The molecule has 0 aliphatic carbocycles. The quantitative estimate of drug-likeness (QED) is 0.604. The van der Waals surface area contributed by atoms with Gasteiger partial charge in [-0.3, -0.25) is 14.9 Å². The first-order valence-corrected chi connectivity index (χ1v) is 4.22. The van der Waals surface area contributed by atoms with Crippen molar-refractivity contribution in [3.8, 4) is 0 Å². The standard InChI is InChI=1S/C10H6N2O2/c13-9-6-3-5-1-2-11-8(5)4-7(6)10(14)12-9/h1-4,11H,(H,12,13,14). The van der Waals surface area contributed by atoms with Crippen molar-refractivity contribution in [3.63, 3.8) is 0 Å². The molecule has 2 aromatic rings. The maximum Gasteiger partial charge on any atom is 0.259 e. The lowest BCUT2D eigenvalue weighted by molar-refractivity contribution is 0.0879. The first-order valence-electron chi connectivity index (χ1n) is 4.22. The van der Waals surface area contributed by atoms with Crippen molar-refractivity contribution >= 4 is 22.7 Å². The van der Waals surface area contributed by atoms with Gasteiger partial charge < -0.3 is 4.98 Å². The molecule has 3 rings (SSSR count). The summed E-state index contributed by atoms with van der Waals surface area (Å²) in [6.07, 6.45) is 1.78. The monoisotopic (exact) mass is 186 g/mol. The van der Waals surface area contributed by atoms with Crippen LogP contribution in [0.25, 0.3) is 10.9 Å². The molecule has 0 fully saturated rings. The third kappa shape index (κ3) is 0.771. The minimum Gasteiger partial charge on any atom is -0.361 e. The van der Waals surface area contributed by atoms with Crippen molar-refractivity contribution in [2.75, 3.05) is 0 Å². The van der Waals surface area contributed by atoms with Gasteiger partial charge in [-0.15, -0.1) is 0 Å². The fraction of sp³-hybridized carbons (Fsp3) is 0. The summed E-state index contributed by atoms with van der Waals surface area (Å²) in [5.41, 5.74) is 1.78. The number of fused-ring (bicyclic) bond motifs is 2. The molecule has 2 heterocycles. The number of amides is 2. The lowest BCUT2D eigenvalue weighted by Gasteiger charge is -1.94. The summed E-state index contributed by atoms with van der Waals surface area (Å²) in [5, 5.41) is 3.19. The van der Waals surface area contributed by atoms with Gasteiger partial charge in [-0.1, -0.05) is 0 Å². The highest BCUT2D eigenvalue weighted by atomic mass is 16.2. The molecule has 14 heavy (non-hydrogen) atoms. The van der Waals surface area contributed by atoms with Gasteiger partial charge in [0, 0.05) is 17.1 Å². The predicted octanol–water partition coefficient (Wildman–Crippen LogP) is 1.05. The molecule has 4 nitrogen and oxygen atoms in total. The average molecular weight is 186 g/mol. The molecular formula is C10H6N2O2. The van der Waals surface area contributed by atoms with Crippen LogP contribution in [0.4, 0.5) is 0 Å². The number of benzene rings is 1. The first-order chi connectivity index (χ1) is 6.75. The number of H-pyrrole nitrogens is 1. The van der Waals surface area contributed by atoms with E-state index in [1.165, 1.54) is 0 Å². The van der Waals surface area contributed by atoms with Gasteiger partial charge in [-0.2, -0.15) is 0 Å². The first kappa shape index (κ1) is 7.32. The minimum absolute atomic E-state index is 0.312. The van der Waals surface area contributed by atoms with E-state index in [4.69, 9.17) is 0 Å². The van der Waals surface area contributed by atoms with Gasteiger partial charge in [-0.05, 0) is 18.2 Å². The Bertz CT molecular complexity index is 521. The van der Waals surface area contributed by atoms with Crippen LogP contribution in [0.3, 0.4) is 0 Å². The maximum absolute atomic E-state index is 11.3. The van der Waals surface area contributed by atoms with Crippen LogP contribution in [0.2, 0.25) is 0 Å². The summed E-state index contributed by atoms with van der Waals surface area (Å²) in [5.74, 6) is -0.630. The summed E-state index contributed by atoms with van der Waals surface area (Å²) in [4.78, 5) is 25.6. The summed E-state index contributed by atoms with van der Waals surface area (Å²) >= 11 is 0. The number of aromatic nitrogens is 1. The molecule has 0 bridgehead atoms. The fourth-order valence-corrected chi connectivity index (χ4v) is 1.71. The van der Waals surface area contributed by atoms with Crippen molar-refractivity contribution in [1.82, 2.24) is 10.3 Å². The van der Waals surface area contributed by atoms with E-state index in [-0.39, 0.29) is 11.8 Å². The van der Waals surface area contributed by atoms with E-state index in [2.05, 4.69) is 10.3 Å². The van der Waals surface area contributed by atoms with Gasteiger partial charge in [0.2, 0.25) is 0 Å². The Kier molecular flexibility index (Phi) is 1.16. The number of imide groups is 1. The number of nitrogens with one attached hydrogen (secondary N) is 2. The largest absolute Gasteiger partial charge is 0.361 e. The molecule has 4 heteroatoms. The molecule has 0 saturated heterocycles. The molecule has 1 aliphatic heterocycles. The Labute approximate surface area is 78.9 Å². The molecule has 0 saturated carbocycles. The minimum atomic E-state index is -0.318. The highest BCUT2D eigenvalue weighted by Crippen LogP contribution is 2.22. The lowest BCUT2D eigenvalue weighted by Crippen LogP contribution is -2.19. The Balaban J connectivity index is 2.43. The van der Waals surface area contributed by atoms with Gasteiger partial charge in [0.05, 0.1) is 11.1 Å². The summed E-state index contributed by atoms with van der Waals surface area (Å²) in [7, 11) is 0. The van der Waals surface area contributed by atoms with Crippen molar-refractivity contribution in [2.24, 2.45) is 0 Å². The zero-order valence-electron chi connectivity index (χ0n) is 7.13. The molecule has 0 unspecified atom stereocenters. The number of hydrogen-bond donors (Lipinski definition) is 2. The summed E-state index contributed by atoms with van der Waals surface area (Å²) in [6.45, 7) is 0. The molecule has 0 atom stereocenters. The van der Waals surface area contributed by atoms with Gasteiger partial charge in [0.15, 0.2) is 0 Å². The van der Waals surface area contributed by atoms with Crippen molar-refractivity contribution in [2.45, 2.75) is 0 Å². The summed E-state index contributed by atoms with van der Waals surface area (Å²) < 4.78 is 0. The van der Waals surface area contributed by atoms with Gasteiger partial charge >= 0.3 is 0 Å². The number of carbonyl (C=O) groups is 2. The highest BCUT2D eigenvalue weighted by Gasteiger charge is 2.26. The van der Waals surface area contributed by atoms with Crippen LogP contribution in [0.5, 0.6) is 0 Å². The third-order valence-corrected chi connectivity index (χ3v) is 2.41. The van der Waals surface area contributed by atoms with E-state index in [1.54, 1.807) is 18.3 Å². The van der Waals surface area contributed by atoms with Crippen LogP contribution in [0.15, 0.2) is 24.4 Å². The number of rotatable bonds is 0. The molecular weight excluding hydrogens is 180 g/mol. The van der Waals surface area contributed by atoms with Gasteiger partial charge in [-0.25, -0.2) is 0 Å². The van der Waals surface area contributed by atoms with E-state index < -0.39 is 0 Å². The SMILES string of the molecule is O=C1NC(=O)c2cc3[nH]ccc3cc21. The zero-order valence-corrected chi connectivity index (χ0v) is 7.13. The molecule has 1 aromatic heterocycles. The second kappa shape index (κ2) is 2.23. The summed E-state index contributed by atoms with van der Waals surface area (Å²) in [6, 6.07) is 5.29. The lowest BCUT2D eigenvalue weighted by atomic mass is 10.1. The Morgan fingerprint density at radius 1 is 1.00 bits per heavy atom. The fourth-order valence-electron chi connectivity index (χ4n) is 1.71. The molecule has 1 aliphatic rings. The third-order valence-electron chi connectivity index (χ3n) is 2.41. The van der Waals surface area contributed by atoms with E-state index >= 15 is 0 Å². The molecule has 68 valence electrons. The van der Waals surface area contributed by atoms with Crippen LogP contribution < -0.4 is 5.32 Å². The van der Waals surface area contributed by atoms with Crippen LogP contribution in [-0.2, 0) is 0 Å². The molecule has 0 radical (unpaired) electrons. The number of hydrogen-bond acceptors (Lipinski definition) is 2. The van der Waals surface area contributed by atoms with Gasteiger partial charge in [0.25, 0.3) is 11.8 Å². The van der Waals surface area contributed by atoms with Crippen LogP contribution >= 0.6 is 0 Å². The second-order valence-corrected chi connectivity index (χ2v) is 3.25. The van der Waals surface area contributed by atoms with Crippen LogP contribution in [0.1, 0.15) is 20.7 Å². The predicted molar refractivity (Wildman–Crippen MR) is 50.1 cm³/mol. The molecule has 1 aromatic carbocycles. The topological polar surface area (TPSA) is 62.0 Å². The van der Waals surface area contributed by atoms with Crippen LogP contribution in [0, 0.1) is 0 Å². The second-order valence-electron chi connectivity index (χ2n) is 3.25. The van der Waals surface area contributed by atoms with Crippen LogP contribution in [-0.4, -0.2) is 16.8 Å². The highest BCUT2D eigenvalue weighted by molar-refractivity contribution is 6.23.